The molecule has 0 atom stereocenters. The van der Waals surface area contributed by atoms with Gasteiger partial charge in [0.05, 0.1) is 5.69 Å². The first-order chi connectivity index (χ1) is 9.92. The summed E-state index contributed by atoms with van der Waals surface area (Å²) in [7, 11) is 0. The molecule has 0 spiro atoms. The van der Waals surface area contributed by atoms with Crippen LogP contribution in [0.3, 0.4) is 0 Å². The Hall–Kier alpha value is -1.33. The van der Waals surface area contributed by atoms with Crippen molar-refractivity contribution in [3.8, 4) is 5.69 Å². The van der Waals surface area contributed by atoms with Crippen molar-refractivity contribution in [3.05, 3.63) is 36.7 Å². The van der Waals surface area contributed by atoms with Gasteiger partial charge in [-0.1, -0.05) is 36.4 Å². The van der Waals surface area contributed by atoms with Gasteiger partial charge in [-0.3, -0.25) is 0 Å². The lowest BCUT2D eigenvalue weighted by Crippen LogP contribution is -2.31. The Morgan fingerprint density at radius 1 is 1.05 bits per heavy atom. The van der Waals surface area contributed by atoms with Crippen molar-refractivity contribution in [2.75, 3.05) is 25.4 Å². The molecule has 2 heterocycles. The Bertz CT molecular complexity index is 520. The molecule has 1 saturated heterocycles. The van der Waals surface area contributed by atoms with Crippen LogP contribution >= 0.6 is 11.8 Å². The van der Waals surface area contributed by atoms with E-state index >= 15 is 0 Å². The molecule has 3 rings (SSSR count). The predicted octanol–water partition coefficient (Wildman–Crippen LogP) is 2.85. The molecular formula is C15H20N4S. The fourth-order valence-electron chi connectivity index (χ4n) is 2.47. The number of benzene rings is 1. The minimum absolute atomic E-state index is 0.867. The van der Waals surface area contributed by atoms with Crippen LogP contribution in [0, 0.1) is 0 Å². The van der Waals surface area contributed by atoms with Crippen molar-refractivity contribution in [2.24, 2.45) is 0 Å². The van der Waals surface area contributed by atoms with Gasteiger partial charge in [0.25, 0.3) is 0 Å². The van der Waals surface area contributed by atoms with Crippen LogP contribution in [0.5, 0.6) is 0 Å². The molecule has 0 amide bonds. The van der Waals surface area contributed by atoms with Crippen LogP contribution in [0.25, 0.3) is 5.69 Å². The molecule has 1 aliphatic heterocycles. The van der Waals surface area contributed by atoms with E-state index in [9.17, 15) is 0 Å². The van der Waals surface area contributed by atoms with Crippen molar-refractivity contribution in [1.82, 2.24) is 19.7 Å². The highest BCUT2D eigenvalue weighted by Crippen LogP contribution is 2.15. The van der Waals surface area contributed by atoms with E-state index in [1.165, 1.54) is 32.4 Å². The largest absolute Gasteiger partial charge is 0.303 e. The van der Waals surface area contributed by atoms with Gasteiger partial charge in [-0.15, -0.1) is 5.10 Å². The molecule has 1 fully saturated rings. The Labute approximate surface area is 124 Å². The van der Waals surface area contributed by atoms with Gasteiger partial charge in [0.15, 0.2) is 0 Å². The monoisotopic (exact) mass is 288 g/mol. The van der Waals surface area contributed by atoms with Crippen LogP contribution in [0.4, 0.5) is 0 Å². The third-order valence-electron chi connectivity index (χ3n) is 3.58. The van der Waals surface area contributed by atoms with Crippen LogP contribution in [0.2, 0.25) is 0 Å². The number of hydrogen-bond donors (Lipinski definition) is 0. The lowest BCUT2D eigenvalue weighted by Gasteiger charge is -2.25. The molecule has 20 heavy (non-hydrogen) atoms. The summed E-state index contributed by atoms with van der Waals surface area (Å²) in [5.74, 6) is 1.07. The van der Waals surface area contributed by atoms with Gasteiger partial charge in [0.2, 0.25) is 5.16 Å². The van der Waals surface area contributed by atoms with E-state index in [-0.39, 0.29) is 0 Å². The van der Waals surface area contributed by atoms with E-state index in [0.29, 0.717) is 0 Å². The average Bonchev–Trinajstić information content (AvgIpc) is 2.98. The zero-order valence-electron chi connectivity index (χ0n) is 11.6. The maximum atomic E-state index is 4.51. The molecule has 106 valence electrons. The SMILES string of the molecule is c1ccc(-n2cnc(SCCN3CCCCC3)n2)cc1. The van der Waals surface area contributed by atoms with E-state index in [2.05, 4.69) is 15.0 Å². The van der Waals surface area contributed by atoms with Crippen molar-refractivity contribution in [3.63, 3.8) is 0 Å². The molecule has 5 heteroatoms. The summed E-state index contributed by atoms with van der Waals surface area (Å²) in [4.78, 5) is 6.92. The highest BCUT2D eigenvalue weighted by atomic mass is 32.2. The van der Waals surface area contributed by atoms with Crippen LogP contribution < -0.4 is 0 Å². The highest BCUT2D eigenvalue weighted by Gasteiger charge is 2.10. The molecule has 2 aromatic rings. The van der Waals surface area contributed by atoms with Crippen molar-refractivity contribution in [2.45, 2.75) is 24.4 Å². The lowest BCUT2D eigenvalue weighted by atomic mass is 10.1. The number of piperidine rings is 1. The number of likely N-dealkylation sites (tertiary alicyclic amines) is 1. The number of para-hydroxylation sites is 1. The quantitative estimate of drug-likeness (QED) is 0.792. The fourth-order valence-corrected chi connectivity index (χ4v) is 3.27. The van der Waals surface area contributed by atoms with E-state index in [1.807, 2.05) is 35.0 Å². The third-order valence-corrected chi connectivity index (χ3v) is 4.41. The van der Waals surface area contributed by atoms with E-state index in [4.69, 9.17) is 0 Å². The van der Waals surface area contributed by atoms with Crippen molar-refractivity contribution < 1.29 is 0 Å². The lowest BCUT2D eigenvalue weighted by molar-refractivity contribution is 0.242. The zero-order valence-corrected chi connectivity index (χ0v) is 12.4. The van der Waals surface area contributed by atoms with Gasteiger partial charge < -0.3 is 4.90 Å². The molecule has 1 aliphatic rings. The van der Waals surface area contributed by atoms with Gasteiger partial charge in [-0.2, -0.15) is 0 Å². The summed E-state index contributed by atoms with van der Waals surface area (Å²) in [6.07, 6.45) is 5.89. The summed E-state index contributed by atoms with van der Waals surface area (Å²) in [6, 6.07) is 10.1. The second kappa shape index (κ2) is 6.90. The molecule has 0 bridgehead atoms. The Kier molecular flexibility index (Phi) is 4.71. The van der Waals surface area contributed by atoms with Crippen molar-refractivity contribution in [1.29, 1.82) is 0 Å². The molecule has 0 aliphatic carbocycles. The van der Waals surface area contributed by atoms with Crippen molar-refractivity contribution >= 4 is 11.8 Å². The van der Waals surface area contributed by atoms with E-state index < -0.39 is 0 Å². The van der Waals surface area contributed by atoms with Gasteiger partial charge in [0, 0.05) is 12.3 Å². The number of thioether (sulfide) groups is 1. The standard InChI is InChI=1S/C15H20N4S/c1-3-7-14(8-4-1)19-13-16-15(17-19)20-12-11-18-9-5-2-6-10-18/h1,3-4,7-8,13H,2,5-6,9-12H2. The molecule has 1 aromatic heterocycles. The normalized spacial score (nSPS) is 16.4. The predicted molar refractivity (Wildman–Crippen MR) is 82.4 cm³/mol. The summed E-state index contributed by atoms with van der Waals surface area (Å²) >= 11 is 1.74. The summed E-state index contributed by atoms with van der Waals surface area (Å²) < 4.78 is 1.84. The van der Waals surface area contributed by atoms with Gasteiger partial charge >= 0.3 is 0 Å². The third kappa shape index (κ3) is 3.61. The Balaban J connectivity index is 1.50. The van der Waals surface area contributed by atoms with Crippen LogP contribution in [0.15, 0.2) is 41.8 Å². The Morgan fingerprint density at radius 3 is 2.65 bits per heavy atom. The second-order valence-corrected chi connectivity index (χ2v) is 6.12. The number of aromatic nitrogens is 3. The summed E-state index contributed by atoms with van der Waals surface area (Å²) in [5, 5.41) is 5.38. The van der Waals surface area contributed by atoms with Crippen LogP contribution in [0.1, 0.15) is 19.3 Å². The molecule has 0 saturated carbocycles. The second-order valence-electron chi connectivity index (χ2n) is 5.06. The minimum atomic E-state index is 0.867. The number of nitrogens with zero attached hydrogens (tertiary/aromatic N) is 4. The Morgan fingerprint density at radius 2 is 1.85 bits per heavy atom. The smallest absolute Gasteiger partial charge is 0.208 e. The minimum Gasteiger partial charge on any atom is -0.303 e. The van der Waals surface area contributed by atoms with Gasteiger partial charge in [0.1, 0.15) is 6.33 Å². The van der Waals surface area contributed by atoms with Crippen LogP contribution in [-0.4, -0.2) is 45.1 Å². The molecule has 1 aromatic carbocycles. The topological polar surface area (TPSA) is 34.0 Å². The summed E-state index contributed by atoms with van der Waals surface area (Å²) in [6.45, 7) is 3.66. The maximum Gasteiger partial charge on any atom is 0.208 e. The molecular weight excluding hydrogens is 268 g/mol. The van der Waals surface area contributed by atoms with E-state index in [1.54, 1.807) is 18.1 Å². The summed E-state index contributed by atoms with van der Waals surface area (Å²) in [5.41, 5.74) is 1.06. The fraction of sp³-hybridized carbons (Fsp3) is 0.467. The zero-order chi connectivity index (χ0) is 13.6. The van der Waals surface area contributed by atoms with Gasteiger partial charge in [-0.05, 0) is 38.1 Å². The molecule has 0 radical (unpaired) electrons. The number of rotatable bonds is 5. The first kappa shape index (κ1) is 13.6. The maximum absolute atomic E-state index is 4.51. The average molecular weight is 288 g/mol. The first-order valence-corrected chi connectivity index (χ1v) is 8.22. The molecule has 0 N–H and O–H groups in total. The highest BCUT2D eigenvalue weighted by molar-refractivity contribution is 7.99. The van der Waals surface area contributed by atoms with Gasteiger partial charge in [-0.25, -0.2) is 9.67 Å². The van der Waals surface area contributed by atoms with E-state index in [0.717, 1.165) is 23.1 Å². The number of hydrogen-bond acceptors (Lipinski definition) is 4. The first-order valence-electron chi connectivity index (χ1n) is 7.24. The van der Waals surface area contributed by atoms with Crippen LogP contribution in [-0.2, 0) is 0 Å². The molecule has 0 unspecified atom stereocenters. The molecule has 4 nitrogen and oxygen atoms in total.